The number of methoxy groups -OCH3 is 1. The van der Waals surface area contributed by atoms with Crippen LogP contribution in [0.3, 0.4) is 0 Å². The van der Waals surface area contributed by atoms with Crippen molar-refractivity contribution in [2.24, 2.45) is 0 Å². The Morgan fingerprint density at radius 2 is 1.66 bits per heavy atom. The molecule has 1 aromatic heterocycles. The zero-order chi connectivity index (χ0) is 21.0. The fourth-order valence-electron chi connectivity index (χ4n) is 3.14. The maximum absolute atomic E-state index is 12.3. The molecule has 0 radical (unpaired) electrons. The minimum absolute atomic E-state index is 0.216. The van der Waals surface area contributed by atoms with E-state index in [1.165, 1.54) is 7.11 Å². The van der Waals surface area contributed by atoms with E-state index in [1.807, 2.05) is 25.7 Å². The molecule has 1 amide bonds. The summed E-state index contributed by atoms with van der Waals surface area (Å²) in [5, 5.41) is 0. The van der Waals surface area contributed by atoms with Gasteiger partial charge in [0.15, 0.2) is 5.69 Å². The summed E-state index contributed by atoms with van der Waals surface area (Å²) in [6.45, 7) is 10.2. The third-order valence-electron chi connectivity index (χ3n) is 4.64. The standard InChI is InChI=1S/C19H29N5O5/c1-19(2,3)29-18(26)24-7-5-23(6-8-24)17-20-14(16(25)27-4)13-15(21-17)22-9-11-28-12-10-22/h13H,5-12H2,1-4H3. The molecular weight excluding hydrogens is 378 g/mol. The second-order valence-electron chi connectivity index (χ2n) is 7.96. The highest BCUT2D eigenvalue weighted by atomic mass is 16.6. The van der Waals surface area contributed by atoms with E-state index in [2.05, 4.69) is 14.9 Å². The molecule has 3 rings (SSSR count). The molecule has 0 N–H and O–H groups in total. The van der Waals surface area contributed by atoms with Crippen molar-refractivity contribution < 1.29 is 23.8 Å². The first-order valence-corrected chi connectivity index (χ1v) is 9.80. The summed E-state index contributed by atoms with van der Waals surface area (Å²) in [5.41, 5.74) is -0.312. The van der Waals surface area contributed by atoms with Crippen LogP contribution in [0.4, 0.5) is 16.6 Å². The van der Waals surface area contributed by atoms with Crippen molar-refractivity contribution in [1.82, 2.24) is 14.9 Å². The number of nitrogens with zero attached hydrogens (tertiary/aromatic N) is 5. The number of aromatic nitrogens is 2. The topological polar surface area (TPSA) is 97.3 Å². The predicted molar refractivity (Wildman–Crippen MR) is 106 cm³/mol. The highest BCUT2D eigenvalue weighted by molar-refractivity contribution is 5.88. The average molecular weight is 407 g/mol. The van der Waals surface area contributed by atoms with Gasteiger partial charge in [0.05, 0.1) is 20.3 Å². The van der Waals surface area contributed by atoms with Crippen molar-refractivity contribution in [3.05, 3.63) is 11.8 Å². The zero-order valence-corrected chi connectivity index (χ0v) is 17.5. The van der Waals surface area contributed by atoms with Crippen LogP contribution in [0.25, 0.3) is 0 Å². The normalized spacial score (nSPS) is 17.9. The molecule has 160 valence electrons. The van der Waals surface area contributed by atoms with E-state index in [4.69, 9.17) is 14.2 Å². The van der Waals surface area contributed by atoms with Crippen LogP contribution < -0.4 is 9.80 Å². The SMILES string of the molecule is COC(=O)c1cc(N2CCOCC2)nc(N2CCN(C(=O)OC(C)(C)C)CC2)n1. The van der Waals surface area contributed by atoms with Crippen LogP contribution >= 0.6 is 0 Å². The fourth-order valence-corrected chi connectivity index (χ4v) is 3.14. The van der Waals surface area contributed by atoms with Crippen LogP contribution in [-0.2, 0) is 14.2 Å². The Labute approximate surface area is 170 Å². The number of piperazine rings is 1. The molecule has 1 aromatic rings. The van der Waals surface area contributed by atoms with E-state index in [1.54, 1.807) is 11.0 Å². The molecule has 0 aromatic carbocycles. The van der Waals surface area contributed by atoms with Gasteiger partial charge < -0.3 is 28.9 Å². The number of amides is 1. The fraction of sp³-hybridized carbons (Fsp3) is 0.684. The third-order valence-corrected chi connectivity index (χ3v) is 4.64. The Balaban J connectivity index is 1.74. The average Bonchev–Trinajstić information content (AvgIpc) is 2.72. The van der Waals surface area contributed by atoms with Gasteiger partial charge in [-0.2, -0.15) is 4.98 Å². The number of rotatable bonds is 3. The van der Waals surface area contributed by atoms with Gasteiger partial charge in [-0.3, -0.25) is 0 Å². The number of anilines is 2. The minimum atomic E-state index is -0.529. The van der Waals surface area contributed by atoms with E-state index in [0.29, 0.717) is 64.2 Å². The maximum Gasteiger partial charge on any atom is 0.410 e. The molecule has 29 heavy (non-hydrogen) atoms. The zero-order valence-electron chi connectivity index (χ0n) is 17.5. The molecule has 0 spiro atoms. The number of carbonyl (C=O) groups excluding carboxylic acids is 2. The third kappa shape index (κ3) is 5.47. The molecule has 0 bridgehead atoms. The molecule has 2 aliphatic heterocycles. The molecule has 0 aliphatic carbocycles. The summed E-state index contributed by atoms with van der Waals surface area (Å²) in [4.78, 5) is 39.2. The summed E-state index contributed by atoms with van der Waals surface area (Å²) in [6.07, 6.45) is -0.324. The lowest BCUT2D eigenvalue weighted by Gasteiger charge is -2.36. The first-order valence-electron chi connectivity index (χ1n) is 9.80. The van der Waals surface area contributed by atoms with Gasteiger partial charge in [0.2, 0.25) is 5.95 Å². The summed E-state index contributed by atoms with van der Waals surface area (Å²) < 4.78 is 15.7. The van der Waals surface area contributed by atoms with Crippen molar-refractivity contribution >= 4 is 23.8 Å². The van der Waals surface area contributed by atoms with E-state index in [9.17, 15) is 9.59 Å². The minimum Gasteiger partial charge on any atom is -0.464 e. The Morgan fingerprint density at radius 3 is 2.24 bits per heavy atom. The van der Waals surface area contributed by atoms with Crippen LogP contribution in [-0.4, -0.2) is 92.1 Å². The Hall–Kier alpha value is -2.62. The quantitative estimate of drug-likeness (QED) is 0.684. The summed E-state index contributed by atoms with van der Waals surface area (Å²) in [7, 11) is 1.33. The lowest BCUT2D eigenvalue weighted by molar-refractivity contribution is 0.0240. The van der Waals surface area contributed by atoms with Crippen molar-refractivity contribution in [1.29, 1.82) is 0 Å². The summed E-state index contributed by atoms with van der Waals surface area (Å²) in [6, 6.07) is 1.65. The highest BCUT2D eigenvalue weighted by Gasteiger charge is 2.28. The van der Waals surface area contributed by atoms with Crippen LogP contribution in [0.15, 0.2) is 6.07 Å². The molecule has 10 nitrogen and oxygen atoms in total. The van der Waals surface area contributed by atoms with Gasteiger partial charge in [-0.05, 0) is 20.8 Å². The van der Waals surface area contributed by atoms with Gasteiger partial charge in [0.1, 0.15) is 11.4 Å². The molecular formula is C19H29N5O5. The molecule has 3 heterocycles. The summed E-state index contributed by atoms with van der Waals surface area (Å²) in [5.74, 6) is 0.627. The second kappa shape index (κ2) is 8.81. The second-order valence-corrected chi connectivity index (χ2v) is 7.96. The predicted octanol–water partition coefficient (Wildman–Crippen LogP) is 1.16. The highest BCUT2D eigenvalue weighted by Crippen LogP contribution is 2.21. The van der Waals surface area contributed by atoms with Crippen LogP contribution in [0.1, 0.15) is 31.3 Å². The molecule has 2 saturated heterocycles. The molecule has 0 atom stereocenters. The van der Waals surface area contributed by atoms with Crippen molar-refractivity contribution in [2.75, 3.05) is 69.4 Å². The molecule has 2 fully saturated rings. The van der Waals surface area contributed by atoms with Gasteiger partial charge in [-0.1, -0.05) is 0 Å². The summed E-state index contributed by atoms with van der Waals surface area (Å²) >= 11 is 0. The Morgan fingerprint density at radius 1 is 1.00 bits per heavy atom. The van der Waals surface area contributed by atoms with Crippen molar-refractivity contribution in [2.45, 2.75) is 26.4 Å². The monoisotopic (exact) mass is 407 g/mol. The lowest BCUT2D eigenvalue weighted by Crippen LogP contribution is -2.50. The van der Waals surface area contributed by atoms with E-state index < -0.39 is 11.6 Å². The van der Waals surface area contributed by atoms with Crippen LogP contribution in [0.2, 0.25) is 0 Å². The number of hydrogen-bond acceptors (Lipinski definition) is 9. The van der Waals surface area contributed by atoms with E-state index in [-0.39, 0.29) is 11.8 Å². The first kappa shape index (κ1) is 21.1. The number of morpholine rings is 1. The maximum atomic E-state index is 12.3. The Kier molecular flexibility index (Phi) is 6.41. The molecule has 0 unspecified atom stereocenters. The smallest absolute Gasteiger partial charge is 0.410 e. The van der Waals surface area contributed by atoms with Crippen molar-refractivity contribution in [3.8, 4) is 0 Å². The first-order chi connectivity index (χ1) is 13.8. The van der Waals surface area contributed by atoms with Gasteiger partial charge >= 0.3 is 12.1 Å². The number of carbonyl (C=O) groups is 2. The van der Waals surface area contributed by atoms with Crippen molar-refractivity contribution in [3.63, 3.8) is 0 Å². The molecule has 0 saturated carbocycles. The van der Waals surface area contributed by atoms with Gasteiger partial charge in [-0.15, -0.1) is 0 Å². The number of ether oxygens (including phenoxy) is 3. The van der Waals surface area contributed by atoms with Crippen LogP contribution in [0, 0.1) is 0 Å². The number of hydrogen-bond donors (Lipinski definition) is 0. The van der Waals surface area contributed by atoms with E-state index in [0.717, 1.165) is 0 Å². The van der Waals surface area contributed by atoms with Gasteiger partial charge in [-0.25, -0.2) is 14.6 Å². The molecule has 2 aliphatic rings. The largest absolute Gasteiger partial charge is 0.464 e. The van der Waals surface area contributed by atoms with Gasteiger partial charge in [0, 0.05) is 45.3 Å². The Bertz CT molecular complexity index is 737. The van der Waals surface area contributed by atoms with E-state index >= 15 is 0 Å². The van der Waals surface area contributed by atoms with Crippen LogP contribution in [0.5, 0.6) is 0 Å². The number of esters is 1. The molecule has 10 heteroatoms. The lowest BCUT2D eigenvalue weighted by atomic mass is 10.2. The van der Waals surface area contributed by atoms with Gasteiger partial charge in [0.25, 0.3) is 0 Å².